The molecule has 5 nitrogen and oxygen atoms in total. The summed E-state index contributed by atoms with van der Waals surface area (Å²) in [6, 6.07) is 5.75. The molecule has 0 amide bonds. The van der Waals surface area contributed by atoms with Gasteiger partial charge in [0.2, 0.25) is 10.0 Å². The Kier molecular flexibility index (Phi) is 5.86. The lowest BCUT2D eigenvalue weighted by Gasteiger charge is -2.38. The Morgan fingerprint density at radius 3 is 2.50 bits per heavy atom. The van der Waals surface area contributed by atoms with Crippen LogP contribution in [0, 0.1) is 5.82 Å². The van der Waals surface area contributed by atoms with Crippen LogP contribution in [0.5, 0.6) is 0 Å². The Morgan fingerprint density at radius 1 is 1.08 bits per heavy atom. The number of morpholine rings is 1. The first kappa shape index (κ1) is 17.8. The van der Waals surface area contributed by atoms with E-state index in [1.54, 1.807) is 16.4 Å². The Morgan fingerprint density at radius 2 is 1.79 bits per heavy atom. The quantitative estimate of drug-likeness (QED) is 0.808. The van der Waals surface area contributed by atoms with E-state index in [1.807, 2.05) is 0 Å². The standard InChI is InChI=1S/C17H25FN2O3S/c18-16-6-4-15(5-7-16)14-24(21,22)20-8-2-1-3-17(20)13-19-9-11-23-12-10-19/h4-7,17H,1-3,8-14H2/t17-/m1/s1. The number of hydrogen-bond acceptors (Lipinski definition) is 4. The Balaban J connectivity index is 1.69. The van der Waals surface area contributed by atoms with Crippen molar-refractivity contribution in [2.24, 2.45) is 0 Å². The molecule has 0 aliphatic carbocycles. The fraction of sp³-hybridized carbons (Fsp3) is 0.647. The smallest absolute Gasteiger partial charge is 0.218 e. The van der Waals surface area contributed by atoms with Crippen molar-refractivity contribution in [3.63, 3.8) is 0 Å². The zero-order chi connectivity index (χ0) is 17.0. The van der Waals surface area contributed by atoms with Gasteiger partial charge in [0.1, 0.15) is 5.82 Å². The highest BCUT2D eigenvalue weighted by atomic mass is 32.2. The van der Waals surface area contributed by atoms with E-state index in [2.05, 4.69) is 4.90 Å². The lowest BCUT2D eigenvalue weighted by atomic mass is 10.0. The van der Waals surface area contributed by atoms with Crippen LogP contribution >= 0.6 is 0 Å². The van der Waals surface area contributed by atoms with Gasteiger partial charge in [0.05, 0.1) is 19.0 Å². The summed E-state index contributed by atoms with van der Waals surface area (Å²) in [6.07, 6.45) is 2.87. The van der Waals surface area contributed by atoms with Crippen molar-refractivity contribution in [2.75, 3.05) is 39.4 Å². The van der Waals surface area contributed by atoms with Gasteiger partial charge in [-0.2, -0.15) is 4.31 Å². The predicted octanol–water partition coefficient (Wildman–Crippen LogP) is 1.84. The van der Waals surface area contributed by atoms with E-state index < -0.39 is 10.0 Å². The maximum absolute atomic E-state index is 13.0. The van der Waals surface area contributed by atoms with E-state index in [9.17, 15) is 12.8 Å². The second-order valence-electron chi connectivity index (χ2n) is 6.56. The highest BCUT2D eigenvalue weighted by molar-refractivity contribution is 7.88. The summed E-state index contributed by atoms with van der Waals surface area (Å²) in [5.74, 6) is -0.410. The average molecular weight is 356 g/mol. The van der Waals surface area contributed by atoms with Gasteiger partial charge in [-0.15, -0.1) is 0 Å². The highest BCUT2D eigenvalue weighted by Gasteiger charge is 2.33. The second-order valence-corrected chi connectivity index (χ2v) is 8.48. The van der Waals surface area contributed by atoms with Crippen LogP contribution in [0.4, 0.5) is 4.39 Å². The molecule has 2 saturated heterocycles. The SMILES string of the molecule is O=S(=O)(Cc1ccc(F)cc1)N1CCCC[C@@H]1CN1CCOCC1. The third-order valence-corrected chi connectivity index (χ3v) is 6.66. The molecule has 0 saturated carbocycles. The lowest BCUT2D eigenvalue weighted by Crippen LogP contribution is -2.51. The molecule has 1 aromatic carbocycles. The van der Waals surface area contributed by atoms with E-state index >= 15 is 0 Å². The molecule has 2 aliphatic rings. The summed E-state index contributed by atoms with van der Waals surface area (Å²) in [4.78, 5) is 2.29. The van der Waals surface area contributed by atoms with Crippen LogP contribution in [0.1, 0.15) is 24.8 Å². The van der Waals surface area contributed by atoms with E-state index in [0.29, 0.717) is 12.1 Å². The van der Waals surface area contributed by atoms with Gasteiger partial charge < -0.3 is 4.74 Å². The Hall–Kier alpha value is -1.02. The largest absolute Gasteiger partial charge is 0.379 e. The van der Waals surface area contributed by atoms with Gasteiger partial charge in [0.15, 0.2) is 0 Å². The fourth-order valence-corrected chi connectivity index (χ4v) is 5.29. The van der Waals surface area contributed by atoms with Crippen LogP contribution in [0.25, 0.3) is 0 Å². The first-order valence-electron chi connectivity index (χ1n) is 8.59. The number of ether oxygens (including phenoxy) is 1. The number of hydrogen-bond donors (Lipinski definition) is 0. The van der Waals surface area contributed by atoms with Gasteiger partial charge in [-0.3, -0.25) is 4.90 Å². The van der Waals surface area contributed by atoms with Crippen LogP contribution < -0.4 is 0 Å². The normalized spacial score (nSPS) is 24.1. The summed E-state index contributed by atoms with van der Waals surface area (Å²) in [7, 11) is -3.40. The van der Waals surface area contributed by atoms with Crippen molar-refractivity contribution in [2.45, 2.75) is 31.1 Å². The van der Waals surface area contributed by atoms with Crippen LogP contribution in [0.15, 0.2) is 24.3 Å². The van der Waals surface area contributed by atoms with Crippen molar-refractivity contribution in [3.05, 3.63) is 35.6 Å². The summed E-state index contributed by atoms with van der Waals surface area (Å²) < 4.78 is 45.8. The Bertz CT molecular complexity index is 630. The van der Waals surface area contributed by atoms with Crippen molar-refractivity contribution < 1.29 is 17.5 Å². The molecular formula is C17H25FN2O3S. The third kappa shape index (κ3) is 4.53. The van der Waals surface area contributed by atoms with Gasteiger partial charge in [-0.1, -0.05) is 18.6 Å². The first-order valence-corrected chi connectivity index (χ1v) is 10.2. The minimum absolute atomic E-state index is 0.0299. The van der Waals surface area contributed by atoms with E-state index in [1.165, 1.54) is 12.1 Å². The zero-order valence-electron chi connectivity index (χ0n) is 13.9. The molecule has 1 atom stereocenters. The van der Waals surface area contributed by atoms with Gasteiger partial charge in [-0.25, -0.2) is 12.8 Å². The van der Waals surface area contributed by atoms with Crippen molar-refractivity contribution in [3.8, 4) is 0 Å². The molecule has 1 aromatic rings. The summed E-state index contributed by atoms with van der Waals surface area (Å²) in [5, 5.41) is 0. The topological polar surface area (TPSA) is 49.9 Å². The van der Waals surface area contributed by atoms with Crippen LogP contribution in [0.2, 0.25) is 0 Å². The molecular weight excluding hydrogens is 331 g/mol. The average Bonchev–Trinajstić information content (AvgIpc) is 2.58. The van der Waals surface area contributed by atoms with Gasteiger partial charge in [0, 0.05) is 32.2 Å². The van der Waals surface area contributed by atoms with Crippen molar-refractivity contribution in [1.82, 2.24) is 9.21 Å². The van der Waals surface area contributed by atoms with Gasteiger partial charge in [-0.05, 0) is 30.5 Å². The first-order chi connectivity index (χ1) is 11.5. The van der Waals surface area contributed by atoms with E-state index in [4.69, 9.17) is 4.74 Å². The van der Waals surface area contributed by atoms with Crippen LogP contribution in [-0.2, 0) is 20.5 Å². The molecule has 2 fully saturated rings. The fourth-order valence-electron chi connectivity index (χ4n) is 3.48. The third-order valence-electron chi connectivity index (χ3n) is 4.77. The maximum Gasteiger partial charge on any atom is 0.218 e. The van der Waals surface area contributed by atoms with Gasteiger partial charge >= 0.3 is 0 Å². The molecule has 0 N–H and O–H groups in total. The highest BCUT2D eigenvalue weighted by Crippen LogP contribution is 2.24. The molecule has 2 heterocycles. The Labute approximate surface area is 143 Å². The minimum Gasteiger partial charge on any atom is -0.379 e. The molecule has 0 radical (unpaired) electrons. The summed E-state index contributed by atoms with van der Waals surface area (Å²) in [6.45, 7) is 4.51. The molecule has 0 aromatic heterocycles. The van der Waals surface area contributed by atoms with Crippen LogP contribution in [0.3, 0.4) is 0 Å². The molecule has 24 heavy (non-hydrogen) atoms. The molecule has 0 spiro atoms. The molecule has 0 bridgehead atoms. The van der Waals surface area contributed by atoms with E-state index in [0.717, 1.165) is 52.1 Å². The van der Waals surface area contributed by atoms with Crippen molar-refractivity contribution in [1.29, 1.82) is 0 Å². The van der Waals surface area contributed by atoms with Gasteiger partial charge in [0.25, 0.3) is 0 Å². The summed E-state index contributed by atoms with van der Waals surface area (Å²) in [5.41, 5.74) is 0.632. The monoisotopic (exact) mass is 356 g/mol. The second kappa shape index (κ2) is 7.91. The molecule has 134 valence electrons. The van der Waals surface area contributed by atoms with Crippen LogP contribution in [-0.4, -0.2) is 63.1 Å². The number of benzene rings is 1. The minimum atomic E-state index is -3.40. The number of piperidine rings is 1. The molecule has 0 unspecified atom stereocenters. The molecule has 3 rings (SSSR count). The number of halogens is 1. The van der Waals surface area contributed by atoms with E-state index in [-0.39, 0.29) is 17.6 Å². The molecule has 2 aliphatic heterocycles. The number of nitrogens with zero attached hydrogens (tertiary/aromatic N) is 2. The zero-order valence-corrected chi connectivity index (χ0v) is 14.7. The summed E-state index contributed by atoms with van der Waals surface area (Å²) >= 11 is 0. The number of sulfonamides is 1. The van der Waals surface area contributed by atoms with Crippen molar-refractivity contribution >= 4 is 10.0 Å². The molecule has 7 heteroatoms. The lowest BCUT2D eigenvalue weighted by molar-refractivity contribution is 0.0262. The number of rotatable bonds is 5. The maximum atomic E-state index is 13.0. The predicted molar refractivity (Wildman–Crippen MR) is 90.6 cm³/mol.